The molecule has 1 rings (SSSR count). The molecule has 0 amide bonds. The van der Waals surface area contributed by atoms with Crippen LogP contribution in [-0.2, 0) is 14.6 Å². The van der Waals surface area contributed by atoms with E-state index in [2.05, 4.69) is 8.37 Å². The van der Waals surface area contributed by atoms with Gasteiger partial charge in [-0.1, -0.05) is 11.6 Å². The van der Waals surface area contributed by atoms with Gasteiger partial charge in [0.15, 0.2) is 0 Å². The van der Waals surface area contributed by atoms with Gasteiger partial charge in [0, 0.05) is 16.6 Å². The van der Waals surface area contributed by atoms with Gasteiger partial charge >= 0.3 is 15.8 Å². The monoisotopic (exact) mass is 270 g/mol. The number of benzene rings is 1. The van der Waals surface area contributed by atoms with Crippen molar-refractivity contribution in [3.8, 4) is 5.75 Å². The molecule has 0 aromatic heterocycles. The fourth-order valence-electron chi connectivity index (χ4n) is 0.705. The minimum absolute atomic E-state index is 0.0442. The summed E-state index contributed by atoms with van der Waals surface area (Å²) < 4.78 is 29.9. The molecule has 1 aromatic carbocycles. The number of rotatable bonds is 3. The number of hydrogen-bond donors (Lipinski definition) is 0. The van der Waals surface area contributed by atoms with Gasteiger partial charge in [0.2, 0.25) is 0 Å². The van der Waals surface area contributed by atoms with E-state index in [4.69, 9.17) is 23.2 Å². The highest BCUT2D eigenvalue weighted by atomic mass is 35.5. The van der Waals surface area contributed by atoms with Gasteiger partial charge < -0.3 is 8.37 Å². The minimum Gasteiger partial charge on any atom is -0.353 e. The lowest BCUT2D eigenvalue weighted by molar-refractivity contribution is 0.221. The second-order valence-corrected chi connectivity index (χ2v) is 4.16. The van der Waals surface area contributed by atoms with E-state index in [1.165, 1.54) is 24.3 Å². The smallest absolute Gasteiger partial charge is 0.353 e. The van der Waals surface area contributed by atoms with Crippen LogP contribution in [0.5, 0.6) is 5.75 Å². The Morgan fingerprint density at radius 2 is 1.73 bits per heavy atom. The Labute approximate surface area is 95.8 Å². The number of halogens is 2. The molecule has 0 heterocycles. The van der Waals surface area contributed by atoms with E-state index in [-0.39, 0.29) is 5.75 Å². The summed E-state index contributed by atoms with van der Waals surface area (Å²) in [6, 6.07) is 5.41. The predicted octanol–water partition coefficient (Wildman–Crippen LogP) is 2.34. The van der Waals surface area contributed by atoms with Crippen molar-refractivity contribution in [2.45, 2.75) is 0 Å². The zero-order valence-electron chi connectivity index (χ0n) is 7.01. The lowest BCUT2D eigenvalue weighted by Crippen LogP contribution is -2.14. The Balaban J connectivity index is 2.78. The van der Waals surface area contributed by atoms with Crippen molar-refractivity contribution in [1.82, 2.24) is 0 Å². The molecule has 5 nitrogen and oxygen atoms in total. The van der Waals surface area contributed by atoms with E-state index >= 15 is 0 Å². The van der Waals surface area contributed by atoms with Gasteiger partial charge in [-0.25, -0.2) is 4.79 Å². The largest absolute Gasteiger partial charge is 0.504 e. The molecule has 0 unspecified atom stereocenters. The number of carbonyl (C=O) groups excluding carboxylic acids is 1. The normalized spacial score (nSPS) is 10.8. The maximum Gasteiger partial charge on any atom is 0.504 e. The maximum absolute atomic E-state index is 10.9. The Bertz CT molecular complexity index is 453. The third-order valence-electron chi connectivity index (χ3n) is 1.18. The molecular formula is C7H4Cl2O5S. The molecule has 0 fully saturated rings. The molecule has 0 spiro atoms. The lowest BCUT2D eigenvalue weighted by Gasteiger charge is -2.03. The first-order valence-corrected chi connectivity index (χ1v) is 5.57. The fraction of sp³-hybridized carbons (Fsp3) is 0. The highest BCUT2D eigenvalue weighted by molar-refractivity contribution is 7.82. The van der Waals surface area contributed by atoms with Gasteiger partial charge in [0.1, 0.15) is 5.75 Å². The Morgan fingerprint density at radius 3 is 2.20 bits per heavy atom. The van der Waals surface area contributed by atoms with E-state index in [1.807, 2.05) is 0 Å². The van der Waals surface area contributed by atoms with Crippen LogP contribution in [0.2, 0.25) is 5.02 Å². The Hall–Kier alpha value is -0.980. The average Bonchev–Trinajstić information content (AvgIpc) is 2.06. The van der Waals surface area contributed by atoms with Gasteiger partial charge in [-0.2, -0.15) is 0 Å². The summed E-state index contributed by atoms with van der Waals surface area (Å²) >= 11 is 10.3. The maximum atomic E-state index is 10.9. The molecule has 0 aliphatic heterocycles. The highest BCUT2D eigenvalue weighted by Crippen LogP contribution is 2.17. The molecule has 0 saturated carbocycles. The van der Waals surface area contributed by atoms with Gasteiger partial charge in [-0.3, -0.25) is 0 Å². The molecule has 0 bridgehead atoms. The SMILES string of the molecule is O=C(Cl)OS(=O)(=O)Oc1ccc(Cl)cc1. The lowest BCUT2D eigenvalue weighted by atomic mass is 10.3. The van der Waals surface area contributed by atoms with E-state index in [0.29, 0.717) is 5.02 Å². The molecule has 0 aliphatic carbocycles. The summed E-state index contributed by atoms with van der Waals surface area (Å²) in [6.07, 6.45) is 0. The number of hydrogen-bond acceptors (Lipinski definition) is 5. The molecule has 0 saturated heterocycles. The molecular weight excluding hydrogens is 267 g/mol. The Morgan fingerprint density at radius 1 is 1.20 bits per heavy atom. The van der Waals surface area contributed by atoms with Crippen molar-refractivity contribution in [2.24, 2.45) is 0 Å². The van der Waals surface area contributed by atoms with Crippen LogP contribution in [0.4, 0.5) is 4.79 Å². The summed E-state index contributed by atoms with van der Waals surface area (Å²) in [5, 5.41) is 0.411. The number of carbonyl (C=O) groups is 1. The average molecular weight is 271 g/mol. The van der Waals surface area contributed by atoms with Crippen LogP contribution in [-0.4, -0.2) is 13.8 Å². The summed E-state index contributed by atoms with van der Waals surface area (Å²) in [5.41, 5.74) is -1.50. The minimum atomic E-state index is -4.47. The topological polar surface area (TPSA) is 69.7 Å². The second-order valence-electron chi connectivity index (χ2n) is 2.27. The standard InChI is InChI=1S/C7H4Cl2O5S/c8-5-1-3-6(4-2-5)13-15(11,12)14-7(9)10/h1-4H. The molecule has 82 valence electrons. The highest BCUT2D eigenvalue weighted by Gasteiger charge is 2.17. The van der Waals surface area contributed by atoms with Crippen LogP contribution in [0.15, 0.2) is 24.3 Å². The van der Waals surface area contributed by atoms with Crippen molar-refractivity contribution in [1.29, 1.82) is 0 Å². The second kappa shape index (κ2) is 4.69. The summed E-state index contributed by atoms with van der Waals surface area (Å²) in [7, 11) is -4.47. The van der Waals surface area contributed by atoms with E-state index < -0.39 is 15.8 Å². The van der Waals surface area contributed by atoms with Crippen molar-refractivity contribution in [3.05, 3.63) is 29.3 Å². The Kier molecular flexibility index (Phi) is 3.78. The molecule has 8 heteroatoms. The molecule has 1 aromatic rings. The third kappa shape index (κ3) is 4.37. The van der Waals surface area contributed by atoms with Crippen LogP contribution in [0.3, 0.4) is 0 Å². The molecule has 0 radical (unpaired) electrons. The molecule has 0 aliphatic rings. The van der Waals surface area contributed by atoms with Crippen LogP contribution < -0.4 is 4.18 Å². The van der Waals surface area contributed by atoms with Crippen LogP contribution in [0.1, 0.15) is 0 Å². The summed E-state index contributed by atoms with van der Waals surface area (Å²) in [5.74, 6) is -0.0442. The van der Waals surface area contributed by atoms with Crippen LogP contribution >= 0.6 is 23.2 Å². The first-order valence-electron chi connectivity index (χ1n) is 3.48. The zero-order valence-corrected chi connectivity index (χ0v) is 9.34. The van der Waals surface area contributed by atoms with Crippen LogP contribution in [0.25, 0.3) is 0 Å². The summed E-state index contributed by atoms with van der Waals surface area (Å²) in [6.45, 7) is 0. The van der Waals surface area contributed by atoms with Crippen molar-refractivity contribution in [2.75, 3.05) is 0 Å². The van der Waals surface area contributed by atoms with E-state index in [0.717, 1.165) is 0 Å². The third-order valence-corrected chi connectivity index (χ3v) is 2.35. The van der Waals surface area contributed by atoms with Gasteiger partial charge in [0.05, 0.1) is 0 Å². The quantitative estimate of drug-likeness (QED) is 0.789. The first kappa shape index (κ1) is 12.1. The molecule has 0 N–H and O–H groups in total. The molecule has 15 heavy (non-hydrogen) atoms. The van der Waals surface area contributed by atoms with Gasteiger partial charge in [-0.05, 0) is 24.3 Å². The van der Waals surface area contributed by atoms with Gasteiger partial charge in [0.25, 0.3) is 0 Å². The first-order chi connectivity index (χ1) is 6.89. The van der Waals surface area contributed by atoms with Crippen molar-refractivity contribution >= 4 is 39.0 Å². The van der Waals surface area contributed by atoms with E-state index in [1.54, 1.807) is 0 Å². The van der Waals surface area contributed by atoms with Gasteiger partial charge in [-0.15, -0.1) is 8.42 Å². The van der Waals surface area contributed by atoms with Crippen molar-refractivity contribution < 1.29 is 21.6 Å². The van der Waals surface area contributed by atoms with E-state index in [9.17, 15) is 13.2 Å². The predicted molar refractivity (Wildman–Crippen MR) is 53.3 cm³/mol. The summed E-state index contributed by atoms with van der Waals surface area (Å²) in [4.78, 5) is 10.2. The van der Waals surface area contributed by atoms with Crippen molar-refractivity contribution in [3.63, 3.8) is 0 Å². The molecule has 0 atom stereocenters. The fourth-order valence-corrected chi connectivity index (χ4v) is 1.60. The zero-order chi connectivity index (χ0) is 11.5. The van der Waals surface area contributed by atoms with Crippen LogP contribution in [0, 0.1) is 0 Å².